The zero-order chi connectivity index (χ0) is 17.8. The number of piperidine rings is 1. The quantitative estimate of drug-likeness (QED) is 0.915. The lowest BCUT2D eigenvalue weighted by Gasteiger charge is -2.26. The SMILES string of the molecule is Cc1cccc(C)c1C(=O)Nc1cccc(CN2CCCCC2=O)c1. The Balaban J connectivity index is 1.73. The molecule has 2 aromatic carbocycles. The van der Waals surface area contributed by atoms with Gasteiger partial charge in [0.15, 0.2) is 0 Å². The third-order valence-corrected chi connectivity index (χ3v) is 4.69. The van der Waals surface area contributed by atoms with Gasteiger partial charge in [0, 0.05) is 30.8 Å². The Morgan fingerprint density at radius 2 is 1.80 bits per heavy atom. The average Bonchev–Trinajstić information content (AvgIpc) is 2.57. The second kappa shape index (κ2) is 7.51. The van der Waals surface area contributed by atoms with E-state index in [1.54, 1.807) is 0 Å². The number of hydrogen-bond donors (Lipinski definition) is 1. The van der Waals surface area contributed by atoms with E-state index < -0.39 is 0 Å². The lowest BCUT2D eigenvalue weighted by atomic mass is 10.0. The Hall–Kier alpha value is -2.62. The molecule has 1 fully saturated rings. The molecule has 1 saturated heterocycles. The number of anilines is 1. The predicted molar refractivity (Wildman–Crippen MR) is 99.6 cm³/mol. The maximum absolute atomic E-state index is 12.6. The van der Waals surface area contributed by atoms with Crippen LogP contribution in [-0.2, 0) is 11.3 Å². The number of aryl methyl sites for hydroxylation is 2. The van der Waals surface area contributed by atoms with E-state index in [0.717, 1.165) is 47.3 Å². The number of likely N-dealkylation sites (tertiary alicyclic amines) is 1. The number of benzene rings is 2. The van der Waals surface area contributed by atoms with Crippen molar-refractivity contribution in [3.05, 3.63) is 64.7 Å². The van der Waals surface area contributed by atoms with Crippen LogP contribution in [0, 0.1) is 13.8 Å². The van der Waals surface area contributed by atoms with Gasteiger partial charge in [-0.2, -0.15) is 0 Å². The van der Waals surface area contributed by atoms with E-state index in [1.165, 1.54) is 0 Å². The molecule has 1 aliphatic rings. The summed E-state index contributed by atoms with van der Waals surface area (Å²) in [5, 5.41) is 2.99. The second-order valence-electron chi connectivity index (χ2n) is 6.69. The number of carbonyl (C=O) groups excluding carboxylic acids is 2. The predicted octanol–water partition coefficient (Wildman–Crippen LogP) is 4.07. The fourth-order valence-corrected chi connectivity index (χ4v) is 3.36. The maximum atomic E-state index is 12.6. The molecule has 1 aliphatic heterocycles. The largest absolute Gasteiger partial charge is 0.338 e. The van der Waals surface area contributed by atoms with E-state index in [0.29, 0.717) is 13.0 Å². The minimum absolute atomic E-state index is 0.0956. The summed E-state index contributed by atoms with van der Waals surface area (Å²) < 4.78 is 0. The van der Waals surface area contributed by atoms with Gasteiger partial charge in [-0.25, -0.2) is 0 Å². The van der Waals surface area contributed by atoms with Crippen molar-refractivity contribution in [3.63, 3.8) is 0 Å². The van der Waals surface area contributed by atoms with Crippen molar-refractivity contribution in [2.45, 2.75) is 39.7 Å². The van der Waals surface area contributed by atoms with Crippen LogP contribution in [0.5, 0.6) is 0 Å². The van der Waals surface area contributed by atoms with Crippen LogP contribution in [0.4, 0.5) is 5.69 Å². The van der Waals surface area contributed by atoms with Crippen LogP contribution in [0.15, 0.2) is 42.5 Å². The van der Waals surface area contributed by atoms with E-state index in [1.807, 2.05) is 61.2 Å². The smallest absolute Gasteiger partial charge is 0.256 e. The molecule has 2 amide bonds. The van der Waals surface area contributed by atoms with Crippen molar-refractivity contribution in [2.75, 3.05) is 11.9 Å². The fourth-order valence-electron chi connectivity index (χ4n) is 3.36. The minimum atomic E-state index is -0.0956. The number of amides is 2. The normalized spacial score (nSPS) is 14.5. The lowest BCUT2D eigenvalue weighted by molar-refractivity contribution is -0.133. The molecule has 0 saturated carbocycles. The van der Waals surface area contributed by atoms with Crippen LogP contribution in [0.3, 0.4) is 0 Å². The molecular weight excluding hydrogens is 312 g/mol. The number of rotatable bonds is 4. The molecule has 25 heavy (non-hydrogen) atoms. The van der Waals surface area contributed by atoms with Gasteiger partial charge in [-0.15, -0.1) is 0 Å². The van der Waals surface area contributed by atoms with E-state index >= 15 is 0 Å². The topological polar surface area (TPSA) is 49.4 Å². The Morgan fingerprint density at radius 3 is 2.52 bits per heavy atom. The van der Waals surface area contributed by atoms with Crippen molar-refractivity contribution >= 4 is 17.5 Å². The number of hydrogen-bond acceptors (Lipinski definition) is 2. The first-order chi connectivity index (χ1) is 12.0. The molecule has 0 aliphatic carbocycles. The van der Waals surface area contributed by atoms with Gasteiger partial charge in [-0.05, 0) is 55.5 Å². The molecule has 0 spiro atoms. The summed E-state index contributed by atoms with van der Waals surface area (Å²) >= 11 is 0. The third-order valence-electron chi connectivity index (χ3n) is 4.69. The van der Waals surface area contributed by atoms with Crippen molar-refractivity contribution in [1.29, 1.82) is 0 Å². The van der Waals surface area contributed by atoms with E-state index in [9.17, 15) is 9.59 Å². The fraction of sp³-hybridized carbons (Fsp3) is 0.333. The number of nitrogens with zero attached hydrogens (tertiary/aromatic N) is 1. The van der Waals surface area contributed by atoms with Crippen molar-refractivity contribution in [3.8, 4) is 0 Å². The Morgan fingerprint density at radius 1 is 1.08 bits per heavy atom. The van der Waals surface area contributed by atoms with E-state index in [-0.39, 0.29) is 11.8 Å². The molecular formula is C21H24N2O2. The van der Waals surface area contributed by atoms with Gasteiger partial charge < -0.3 is 10.2 Å². The van der Waals surface area contributed by atoms with Gasteiger partial charge in [0.1, 0.15) is 0 Å². The van der Waals surface area contributed by atoms with Crippen molar-refractivity contribution < 1.29 is 9.59 Å². The molecule has 0 bridgehead atoms. The maximum Gasteiger partial charge on any atom is 0.256 e. The summed E-state index contributed by atoms with van der Waals surface area (Å²) in [7, 11) is 0. The molecule has 4 heteroatoms. The molecule has 3 rings (SSSR count). The molecule has 130 valence electrons. The first-order valence-corrected chi connectivity index (χ1v) is 8.79. The second-order valence-corrected chi connectivity index (χ2v) is 6.69. The van der Waals surface area contributed by atoms with Crippen LogP contribution in [0.2, 0.25) is 0 Å². The third kappa shape index (κ3) is 4.08. The van der Waals surface area contributed by atoms with E-state index in [4.69, 9.17) is 0 Å². The number of carbonyl (C=O) groups is 2. The zero-order valence-corrected chi connectivity index (χ0v) is 14.8. The van der Waals surface area contributed by atoms with Crippen molar-refractivity contribution in [2.24, 2.45) is 0 Å². The van der Waals surface area contributed by atoms with Gasteiger partial charge >= 0.3 is 0 Å². The number of nitrogens with one attached hydrogen (secondary N) is 1. The summed E-state index contributed by atoms with van der Waals surface area (Å²) in [5.41, 5.74) is 4.45. The lowest BCUT2D eigenvalue weighted by Crippen LogP contribution is -2.34. The van der Waals surface area contributed by atoms with Crippen LogP contribution < -0.4 is 5.32 Å². The van der Waals surface area contributed by atoms with Crippen LogP contribution >= 0.6 is 0 Å². The highest BCUT2D eigenvalue weighted by Gasteiger charge is 2.18. The highest BCUT2D eigenvalue weighted by molar-refractivity contribution is 6.06. The Labute approximate surface area is 148 Å². The van der Waals surface area contributed by atoms with Crippen LogP contribution in [0.25, 0.3) is 0 Å². The first kappa shape index (κ1) is 17.2. The molecule has 1 N–H and O–H groups in total. The Bertz CT molecular complexity index is 778. The molecule has 0 aromatic heterocycles. The summed E-state index contributed by atoms with van der Waals surface area (Å²) in [6.45, 7) is 5.31. The summed E-state index contributed by atoms with van der Waals surface area (Å²) in [4.78, 5) is 26.5. The Kier molecular flexibility index (Phi) is 5.17. The zero-order valence-electron chi connectivity index (χ0n) is 14.8. The van der Waals surface area contributed by atoms with E-state index in [2.05, 4.69) is 5.32 Å². The van der Waals surface area contributed by atoms with Gasteiger partial charge in [-0.1, -0.05) is 30.3 Å². The highest BCUT2D eigenvalue weighted by Crippen LogP contribution is 2.19. The standard InChI is InChI=1S/C21H24N2O2/c1-15-7-5-8-16(2)20(15)21(25)22-18-10-6-9-17(13-18)14-23-12-4-3-11-19(23)24/h5-10,13H,3-4,11-12,14H2,1-2H3,(H,22,25). The summed E-state index contributed by atoms with van der Waals surface area (Å²) in [6, 6.07) is 13.6. The highest BCUT2D eigenvalue weighted by atomic mass is 16.2. The molecule has 4 nitrogen and oxygen atoms in total. The summed E-state index contributed by atoms with van der Waals surface area (Å²) in [6.07, 6.45) is 2.69. The monoisotopic (exact) mass is 336 g/mol. The van der Waals surface area contributed by atoms with Crippen LogP contribution in [-0.4, -0.2) is 23.3 Å². The average molecular weight is 336 g/mol. The van der Waals surface area contributed by atoms with Gasteiger partial charge in [0.25, 0.3) is 5.91 Å². The first-order valence-electron chi connectivity index (χ1n) is 8.79. The summed E-state index contributed by atoms with van der Waals surface area (Å²) in [5.74, 6) is 0.123. The van der Waals surface area contributed by atoms with Gasteiger partial charge in [-0.3, -0.25) is 9.59 Å². The molecule has 0 radical (unpaired) electrons. The van der Waals surface area contributed by atoms with Crippen LogP contribution in [0.1, 0.15) is 46.3 Å². The molecule has 2 aromatic rings. The molecule has 0 atom stereocenters. The van der Waals surface area contributed by atoms with Gasteiger partial charge in [0.05, 0.1) is 0 Å². The molecule has 1 heterocycles. The minimum Gasteiger partial charge on any atom is -0.338 e. The van der Waals surface area contributed by atoms with Crippen molar-refractivity contribution in [1.82, 2.24) is 4.90 Å². The van der Waals surface area contributed by atoms with Gasteiger partial charge in [0.2, 0.25) is 5.91 Å². The molecule has 0 unspecified atom stereocenters.